The highest BCUT2D eigenvalue weighted by Crippen LogP contribution is 2.31. The zero-order valence-electron chi connectivity index (χ0n) is 22.1. The second-order valence-electron chi connectivity index (χ2n) is 10.3. The largest absolute Gasteiger partial charge is 0.370 e. The van der Waals surface area contributed by atoms with Crippen molar-refractivity contribution >= 4 is 28.6 Å². The van der Waals surface area contributed by atoms with Gasteiger partial charge >= 0.3 is 5.69 Å². The topological polar surface area (TPSA) is 153 Å². The summed E-state index contributed by atoms with van der Waals surface area (Å²) in [5.74, 6) is -0.438. The maximum atomic E-state index is 15.0. The van der Waals surface area contributed by atoms with Gasteiger partial charge in [-0.3, -0.25) is 9.56 Å². The number of aryl methyl sites for hydroxylation is 1. The predicted molar refractivity (Wildman–Crippen MR) is 156 cm³/mol. The molecule has 2 aromatic carbocycles. The van der Waals surface area contributed by atoms with Crippen molar-refractivity contribution in [3.63, 3.8) is 0 Å². The number of benzene rings is 2. The third-order valence-corrected chi connectivity index (χ3v) is 6.57. The van der Waals surface area contributed by atoms with Gasteiger partial charge in [-0.2, -0.15) is 4.98 Å². The molecule has 0 atom stereocenters. The maximum Gasteiger partial charge on any atom is 0.354 e. The van der Waals surface area contributed by atoms with Crippen molar-refractivity contribution in [2.45, 2.75) is 45.2 Å². The molecule has 39 heavy (non-hydrogen) atoms. The number of nitrogens with one attached hydrogen (secondary N) is 2. The van der Waals surface area contributed by atoms with Crippen LogP contribution in [0.4, 0.5) is 4.39 Å². The van der Waals surface area contributed by atoms with Crippen molar-refractivity contribution in [2.24, 2.45) is 22.2 Å². The average Bonchev–Trinajstić information content (AvgIpc) is 3.28. The molecule has 11 heteroatoms. The molecular weight excluding hydrogens is 519 g/mol. The van der Waals surface area contributed by atoms with E-state index >= 15 is 4.39 Å². The second kappa shape index (κ2) is 12.0. The second-order valence-corrected chi connectivity index (χ2v) is 10.7. The highest BCUT2D eigenvalue weighted by Gasteiger charge is 2.17. The van der Waals surface area contributed by atoms with E-state index in [0.717, 1.165) is 30.5 Å². The van der Waals surface area contributed by atoms with Crippen LogP contribution in [-0.2, 0) is 13.0 Å². The molecule has 0 aliphatic carbocycles. The van der Waals surface area contributed by atoms with Crippen LogP contribution in [0.1, 0.15) is 37.8 Å². The quantitative estimate of drug-likeness (QED) is 0.109. The lowest BCUT2D eigenvalue weighted by Crippen LogP contribution is -2.32. The molecule has 0 saturated heterocycles. The third-order valence-electron chi connectivity index (χ3n) is 6.29. The lowest BCUT2D eigenvalue weighted by atomic mass is 9.95. The van der Waals surface area contributed by atoms with E-state index in [0.29, 0.717) is 47.5 Å². The molecule has 206 valence electrons. The summed E-state index contributed by atoms with van der Waals surface area (Å²) in [6.07, 6.45) is 3.89. The van der Waals surface area contributed by atoms with Crippen molar-refractivity contribution in [1.82, 2.24) is 19.9 Å². The Balaban J connectivity index is 1.53. The molecule has 0 spiro atoms. The number of aliphatic imine (C=N–C) groups is 1. The summed E-state index contributed by atoms with van der Waals surface area (Å²) in [6, 6.07) is 12.8. The van der Waals surface area contributed by atoms with Crippen LogP contribution in [0.25, 0.3) is 28.0 Å². The fraction of sp³-hybridized carbons (Fsp3) is 0.321. The Labute approximate surface area is 231 Å². The van der Waals surface area contributed by atoms with Gasteiger partial charge in [0.25, 0.3) is 0 Å². The minimum atomic E-state index is -0.533. The van der Waals surface area contributed by atoms with Gasteiger partial charge in [0.2, 0.25) is 0 Å². The lowest BCUT2D eigenvalue weighted by Gasteiger charge is -2.18. The van der Waals surface area contributed by atoms with E-state index in [2.05, 4.69) is 20.3 Å². The normalized spacial score (nSPS) is 11.7. The first kappa shape index (κ1) is 28.3. The summed E-state index contributed by atoms with van der Waals surface area (Å²) in [5.41, 5.74) is 19.8. The average molecular weight is 553 g/mol. The zero-order chi connectivity index (χ0) is 28.2. The number of halogens is 2. The van der Waals surface area contributed by atoms with E-state index in [9.17, 15) is 4.79 Å². The van der Waals surface area contributed by atoms with Crippen molar-refractivity contribution in [3.8, 4) is 16.9 Å². The number of fused-ring (bicyclic) bond motifs is 1. The number of aromatic amines is 1. The molecule has 9 nitrogen and oxygen atoms in total. The van der Waals surface area contributed by atoms with Crippen molar-refractivity contribution in [2.75, 3.05) is 13.1 Å². The predicted octanol–water partition coefficient (Wildman–Crippen LogP) is 3.60. The number of hydrogen-bond acceptors (Lipinski definition) is 5. The van der Waals surface area contributed by atoms with Gasteiger partial charge in [0, 0.05) is 35.8 Å². The third kappa shape index (κ3) is 7.44. The van der Waals surface area contributed by atoms with E-state index in [1.165, 1.54) is 4.57 Å². The molecule has 0 aliphatic heterocycles. The van der Waals surface area contributed by atoms with Crippen molar-refractivity contribution in [3.05, 3.63) is 81.1 Å². The van der Waals surface area contributed by atoms with Crippen LogP contribution in [0.5, 0.6) is 0 Å². The van der Waals surface area contributed by atoms with Crippen LogP contribution >= 0.6 is 11.6 Å². The minimum absolute atomic E-state index is 0.0341. The summed E-state index contributed by atoms with van der Waals surface area (Å²) in [5, 5.41) is 4.03. The number of aromatic nitrogens is 3. The van der Waals surface area contributed by atoms with Crippen LogP contribution in [0, 0.1) is 5.82 Å². The van der Waals surface area contributed by atoms with Crippen molar-refractivity contribution in [1.29, 1.82) is 0 Å². The molecule has 0 saturated carbocycles. The molecule has 2 aromatic heterocycles. The Kier molecular flexibility index (Phi) is 8.69. The van der Waals surface area contributed by atoms with Crippen LogP contribution in [0.3, 0.4) is 0 Å². The number of hydrogen-bond donors (Lipinski definition) is 5. The van der Waals surface area contributed by atoms with Gasteiger partial charge in [-0.05, 0) is 81.1 Å². The molecule has 0 aliphatic rings. The first-order valence-electron chi connectivity index (χ1n) is 12.8. The van der Waals surface area contributed by atoms with Crippen LogP contribution in [0.15, 0.2) is 58.4 Å². The van der Waals surface area contributed by atoms with Gasteiger partial charge in [-0.25, -0.2) is 9.18 Å². The number of nitrogens with two attached hydrogens (primary N) is 3. The summed E-state index contributed by atoms with van der Waals surface area (Å²) in [4.78, 5) is 24.0. The van der Waals surface area contributed by atoms with Crippen molar-refractivity contribution < 1.29 is 4.39 Å². The Morgan fingerprint density at radius 3 is 2.62 bits per heavy atom. The molecule has 0 amide bonds. The Bertz CT molecular complexity index is 1530. The minimum Gasteiger partial charge on any atom is -0.370 e. The molecule has 4 rings (SSSR count). The standard InChI is InChI=1S/C28H34ClFN8O/c1-28(2,33)9-8-18-12-21(24(30)22(29)13-18)23-14-19-16-38(27(39)37-25(19)36-23)20-6-4-17(5-7-20)15-34-10-3-11-35-26(31)32/h4-7,12-14,16,34H,3,8-11,15,33H2,1-2H3,(H4,31,32,35)(H,36,37,39). The summed E-state index contributed by atoms with van der Waals surface area (Å²) >= 11 is 6.22. The fourth-order valence-electron chi connectivity index (χ4n) is 4.20. The van der Waals surface area contributed by atoms with E-state index < -0.39 is 11.5 Å². The number of guanidine groups is 1. The number of nitrogens with zero attached hydrogens (tertiary/aromatic N) is 3. The van der Waals surface area contributed by atoms with E-state index in [1.807, 2.05) is 38.1 Å². The Morgan fingerprint density at radius 1 is 1.18 bits per heavy atom. The fourth-order valence-corrected chi connectivity index (χ4v) is 4.44. The zero-order valence-corrected chi connectivity index (χ0v) is 22.9. The first-order chi connectivity index (χ1) is 18.5. The number of H-pyrrole nitrogens is 1. The van der Waals surface area contributed by atoms with E-state index in [1.54, 1.807) is 24.4 Å². The molecule has 0 bridgehead atoms. The summed E-state index contributed by atoms with van der Waals surface area (Å²) < 4.78 is 16.5. The molecule has 0 fully saturated rings. The van der Waals surface area contributed by atoms with Crippen LogP contribution < -0.4 is 28.2 Å². The first-order valence-corrected chi connectivity index (χ1v) is 13.1. The molecule has 4 aromatic rings. The monoisotopic (exact) mass is 552 g/mol. The van der Waals surface area contributed by atoms with Crippen LogP contribution in [-0.4, -0.2) is 39.1 Å². The molecule has 8 N–H and O–H groups in total. The summed E-state index contributed by atoms with van der Waals surface area (Å²) in [6.45, 7) is 5.91. The number of rotatable bonds is 11. The Morgan fingerprint density at radius 2 is 1.92 bits per heavy atom. The smallest absolute Gasteiger partial charge is 0.354 e. The van der Waals surface area contributed by atoms with Gasteiger partial charge in [-0.1, -0.05) is 23.7 Å². The highest BCUT2D eigenvalue weighted by atomic mass is 35.5. The van der Waals surface area contributed by atoms with E-state index in [4.69, 9.17) is 28.8 Å². The van der Waals surface area contributed by atoms with Crippen LogP contribution in [0.2, 0.25) is 5.02 Å². The van der Waals surface area contributed by atoms with Gasteiger partial charge in [-0.15, -0.1) is 0 Å². The van der Waals surface area contributed by atoms with Gasteiger partial charge in [0.1, 0.15) is 5.65 Å². The van der Waals surface area contributed by atoms with E-state index in [-0.39, 0.29) is 16.5 Å². The molecule has 2 heterocycles. The Hall–Kier alpha value is -3.73. The van der Waals surface area contributed by atoms with Gasteiger partial charge in [0.05, 0.1) is 16.4 Å². The highest BCUT2D eigenvalue weighted by molar-refractivity contribution is 6.31. The molecular formula is C28H34ClFN8O. The SMILES string of the molecule is CC(C)(N)CCc1cc(Cl)c(F)c(-c2cc3cn(-c4ccc(CNCCCN=C(N)N)cc4)c(=O)nc3[nH]2)c1. The maximum absolute atomic E-state index is 15.0. The summed E-state index contributed by atoms with van der Waals surface area (Å²) in [7, 11) is 0. The van der Waals surface area contributed by atoms with Gasteiger partial charge in [0.15, 0.2) is 11.8 Å². The van der Waals surface area contributed by atoms with Gasteiger partial charge < -0.3 is 27.5 Å². The molecule has 0 radical (unpaired) electrons. The molecule has 0 unspecified atom stereocenters. The lowest BCUT2D eigenvalue weighted by molar-refractivity contribution is 0.477.